The first kappa shape index (κ1) is 15.0. The molecule has 1 atom stereocenters. The summed E-state index contributed by atoms with van der Waals surface area (Å²) >= 11 is 0. The molecule has 6 heteroatoms. The Kier molecular flexibility index (Phi) is 3.82. The standard InChI is InChI=1S/C18H20N4O2/c1-12-6-14-7-13(2-3-17(14)21-12)8-19-18(23)15-9-20-22(10-15)16-4-5-24-11-16/h2-3,6-7,9-10,16,21H,4-5,8,11H2,1H3,(H,19,23)/t16-/m0/s1. The molecule has 1 amide bonds. The third-order valence-electron chi connectivity index (χ3n) is 4.42. The number of amides is 1. The fourth-order valence-electron chi connectivity index (χ4n) is 3.11. The van der Waals surface area contributed by atoms with E-state index in [4.69, 9.17) is 4.74 Å². The average Bonchev–Trinajstić information content (AvgIpc) is 3.30. The van der Waals surface area contributed by atoms with Crippen molar-refractivity contribution in [2.45, 2.75) is 25.9 Å². The summed E-state index contributed by atoms with van der Waals surface area (Å²) in [6, 6.07) is 8.51. The zero-order valence-corrected chi connectivity index (χ0v) is 13.6. The van der Waals surface area contributed by atoms with Crippen molar-refractivity contribution in [1.29, 1.82) is 0 Å². The van der Waals surface area contributed by atoms with Crippen molar-refractivity contribution in [3.05, 3.63) is 53.5 Å². The SMILES string of the molecule is Cc1cc2cc(CNC(=O)c3cnn([C@H]4CCOC4)c3)ccc2[nH]1. The quantitative estimate of drug-likeness (QED) is 0.775. The third kappa shape index (κ3) is 2.92. The Labute approximate surface area is 139 Å². The van der Waals surface area contributed by atoms with Crippen molar-refractivity contribution in [2.75, 3.05) is 13.2 Å². The van der Waals surface area contributed by atoms with Gasteiger partial charge in [0.05, 0.1) is 24.4 Å². The van der Waals surface area contributed by atoms with Gasteiger partial charge in [-0.25, -0.2) is 0 Å². The van der Waals surface area contributed by atoms with E-state index in [0.29, 0.717) is 18.7 Å². The topological polar surface area (TPSA) is 71.9 Å². The van der Waals surface area contributed by atoms with E-state index in [2.05, 4.69) is 27.5 Å². The number of rotatable bonds is 4. The van der Waals surface area contributed by atoms with E-state index < -0.39 is 0 Å². The minimum atomic E-state index is -0.106. The first-order valence-corrected chi connectivity index (χ1v) is 8.17. The summed E-state index contributed by atoms with van der Waals surface area (Å²) in [6.07, 6.45) is 4.36. The Bertz CT molecular complexity index is 874. The van der Waals surface area contributed by atoms with E-state index in [1.807, 2.05) is 23.7 Å². The molecule has 0 aliphatic carbocycles. The number of aromatic amines is 1. The van der Waals surface area contributed by atoms with Gasteiger partial charge in [-0.1, -0.05) is 6.07 Å². The lowest BCUT2D eigenvalue weighted by atomic mass is 10.1. The lowest BCUT2D eigenvalue weighted by Gasteiger charge is -2.07. The molecule has 3 aromatic rings. The fraction of sp³-hybridized carbons (Fsp3) is 0.333. The van der Waals surface area contributed by atoms with Gasteiger partial charge in [0.2, 0.25) is 0 Å². The maximum atomic E-state index is 12.3. The van der Waals surface area contributed by atoms with E-state index in [1.54, 1.807) is 12.4 Å². The number of nitrogens with zero attached hydrogens (tertiary/aromatic N) is 2. The number of aryl methyl sites for hydroxylation is 1. The molecule has 2 aromatic heterocycles. The number of nitrogens with one attached hydrogen (secondary N) is 2. The monoisotopic (exact) mass is 324 g/mol. The summed E-state index contributed by atoms with van der Waals surface area (Å²) < 4.78 is 7.19. The Balaban J connectivity index is 1.41. The van der Waals surface area contributed by atoms with Gasteiger partial charge in [-0.15, -0.1) is 0 Å². The zero-order valence-electron chi connectivity index (χ0n) is 13.6. The molecule has 1 saturated heterocycles. The molecular formula is C18H20N4O2. The summed E-state index contributed by atoms with van der Waals surface area (Å²) in [7, 11) is 0. The number of fused-ring (bicyclic) bond motifs is 1. The van der Waals surface area contributed by atoms with Gasteiger partial charge in [0, 0.05) is 30.6 Å². The van der Waals surface area contributed by atoms with Gasteiger partial charge in [0.1, 0.15) is 0 Å². The first-order chi connectivity index (χ1) is 11.7. The molecule has 1 fully saturated rings. The normalized spacial score (nSPS) is 17.5. The van der Waals surface area contributed by atoms with E-state index in [9.17, 15) is 4.79 Å². The highest BCUT2D eigenvalue weighted by Crippen LogP contribution is 2.19. The van der Waals surface area contributed by atoms with E-state index >= 15 is 0 Å². The van der Waals surface area contributed by atoms with Gasteiger partial charge < -0.3 is 15.0 Å². The molecule has 1 aromatic carbocycles. The molecule has 4 rings (SSSR count). The average molecular weight is 324 g/mol. The molecule has 2 N–H and O–H groups in total. The number of H-pyrrole nitrogens is 1. The molecule has 0 unspecified atom stereocenters. The van der Waals surface area contributed by atoms with Crippen molar-refractivity contribution in [2.24, 2.45) is 0 Å². The first-order valence-electron chi connectivity index (χ1n) is 8.17. The number of benzene rings is 1. The minimum absolute atomic E-state index is 0.106. The van der Waals surface area contributed by atoms with Crippen LogP contribution in [0.5, 0.6) is 0 Å². The van der Waals surface area contributed by atoms with Crippen LogP contribution in [0.2, 0.25) is 0 Å². The molecule has 6 nitrogen and oxygen atoms in total. The van der Waals surface area contributed by atoms with Crippen LogP contribution in [0.25, 0.3) is 10.9 Å². The van der Waals surface area contributed by atoms with Gasteiger partial charge in [-0.3, -0.25) is 9.48 Å². The predicted molar refractivity (Wildman–Crippen MR) is 90.9 cm³/mol. The van der Waals surface area contributed by atoms with Crippen LogP contribution >= 0.6 is 0 Å². The second-order valence-corrected chi connectivity index (χ2v) is 6.28. The highest BCUT2D eigenvalue weighted by Gasteiger charge is 2.19. The van der Waals surface area contributed by atoms with Gasteiger partial charge in [0.25, 0.3) is 5.91 Å². The van der Waals surface area contributed by atoms with Crippen molar-refractivity contribution >= 4 is 16.8 Å². The predicted octanol–water partition coefficient (Wildman–Crippen LogP) is 2.56. The van der Waals surface area contributed by atoms with Gasteiger partial charge in [0.15, 0.2) is 0 Å². The van der Waals surface area contributed by atoms with Gasteiger partial charge in [-0.2, -0.15) is 5.10 Å². The molecule has 0 bridgehead atoms. The molecule has 1 aliphatic rings. The molecule has 24 heavy (non-hydrogen) atoms. The number of carbonyl (C=O) groups is 1. The third-order valence-corrected chi connectivity index (χ3v) is 4.42. The molecule has 1 aliphatic heterocycles. The van der Waals surface area contributed by atoms with Crippen LogP contribution in [-0.2, 0) is 11.3 Å². The van der Waals surface area contributed by atoms with Crippen molar-refractivity contribution in [3.8, 4) is 0 Å². The summed E-state index contributed by atoms with van der Waals surface area (Å²) in [5, 5.41) is 8.41. The Hall–Kier alpha value is -2.60. The Morgan fingerprint density at radius 1 is 1.46 bits per heavy atom. The highest BCUT2D eigenvalue weighted by atomic mass is 16.5. The molecule has 124 valence electrons. The highest BCUT2D eigenvalue weighted by molar-refractivity contribution is 5.93. The van der Waals surface area contributed by atoms with E-state index in [0.717, 1.165) is 35.2 Å². The number of aromatic nitrogens is 3. The second-order valence-electron chi connectivity index (χ2n) is 6.28. The number of ether oxygens (including phenoxy) is 1. The van der Waals surface area contributed by atoms with E-state index in [1.165, 1.54) is 0 Å². The molecule has 3 heterocycles. The van der Waals surface area contributed by atoms with Crippen LogP contribution in [0.15, 0.2) is 36.7 Å². The molecular weight excluding hydrogens is 304 g/mol. The molecule has 0 radical (unpaired) electrons. The van der Waals surface area contributed by atoms with E-state index in [-0.39, 0.29) is 11.9 Å². The summed E-state index contributed by atoms with van der Waals surface area (Å²) in [4.78, 5) is 15.6. The van der Waals surface area contributed by atoms with Crippen LogP contribution in [0.3, 0.4) is 0 Å². The summed E-state index contributed by atoms with van der Waals surface area (Å²) in [6.45, 7) is 3.96. The fourth-order valence-corrected chi connectivity index (χ4v) is 3.11. The van der Waals surface area contributed by atoms with Crippen molar-refractivity contribution in [1.82, 2.24) is 20.1 Å². The number of hydrogen-bond acceptors (Lipinski definition) is 3. The minimum Gasteiger partial charge on any atom is -0.379 e. The van der Waals surface area contributed by atoms with Crippen LogP contribution in [0.4, 0.5) is 0 Å². The zero-order chi connectivity index (χ0) is 16.5. The smallest absolute Gasteiger partial charge is 0.254 e. The lowest BCUT2D eigenvalue weighted by molar-refractivity contribution is 0.0950. The lowest BCUT2D eigenvalue weighted by Crippen LogP contribution is -2.22. The van der Waals surface area contributed by atoms with Crippen LogP contribution < -0.4 is 5.32 Å². The Morgan fingerprint density at radius 2 is 2.38 bits per heavy atom. The van der Waals surface area contributed by atoms with Gasteiger partial charge >= 0.3 is 0 Å². The number of carbonyl (C=O) groups excluding carboxylic acids is 1. The van der Waals surface area contributed by atoms with Crippen molar-refractivity contribution < 1.29 is 9.53 Å². The molecule has 0 saturated carbocycles. The number of hydrogen-bond donors (Lipinski definition) is 2. The maximum absolute atomic E-state index is 12.3. The molecule has 0 spiro atoms. The maximum Gasteiger partial charge on any atom is 0.254 e. The summed E-state index contributed by atoms with van der Waals surface area (Å²) in [5.74, 6) is -0.106. The van der Waals surface area contributed by atoms with Crippen LogP contribution in [0, 0.1) is 6.92 Å². The van der Waals surface area contributed by atoms with Crippen LogP contribution in [-0.4, -0.2) is 33.9 Å². The largest absolute Gasteiger partial charge is 0.379 e. The summed E-state index contributed by atoms with van der Waals surface area (Å²) in [5.41, 5.74) is 3.91. The van der Waals surface area contributed by atoms with Crippen LogP contribution in [0.1, 0.15) is 34.1 Å². The second kappa shape index (κ2) is 6.13. The Morgan fingerprint density at radius 3 is 3.21 bits per heavy atom. The van der Waals surface area contributed by atoms with Crippen molar-refractivity contribution in [3.63, 3.8) is 0 Å². The van der Waals surface area contributed by atoms with Gasteiger partial charge in [-0.05, 0) is 42.5 Å².